The van der Waals surface area contributed by atoms with E-state index in [2.05, 4.69) is 38.3 Å². The summed E-state index contributed by atoms with van der Waals surface area (Å²) >= 11 is 0. The van der Waals surface area contributed by atoms with Crippen LogP contribution >= 0.6 is 10.0 Å². The van der Waals surface area contributed by atoms with E-state index >= 15 is 0 Å². The van der Waals surface area contributed by atoms with Crippen molar-refractivity contribution < 1.29 is 0 Å². The minimum atomic E-state index is -0.472. The van der Waals surface area contributed by atoms with E-state index in [9.17, 15) is 0 Å². The molecule has 8 heavy (non-hydrogen) atoms. The van der Waals surface area contributed by atoms with Crippen molar-refractivity contribution in [2.45, 2.75) is 19.1 Å². The Bertz CT molecular complexity index is 82.4. The molecule has 1 heteroatoms. The van der Waals surface area contributed by atoms with Gasteiger partial charge in [-0.2, -0.15) is 0 Å². The average molecular weight is 132 g/mol. The fourth-order valence-corrected chi connectivity index (χ4v) is 0.577. The molecule has 0 radical (unpaired) electrons. The molecule has 0 saturated carbocycles. The second-order valence-electron chi connectivity index (χ2n) is 2.70. The molecular formula is C7H16S. The standard InChI is InChI=1S/C7H16S/c1-6-8(4,5)7(2)3/h6-7H,1H2,2-5H3. The van der Waals surface area contributed by atoms with E-state index in [1.165, 1.54) is 0 Å². The fraction of sp³-hybridized carbons (Fsp3) is 0.714. The highest BCUT2D eigenvalue weighted by molar-refractivity contribution is 8.35. The summed E-state index contributed by atoms with van der Waals surface area (Å²) in [7, 11) is -0.472. The van der Waals surface area contributed by atoms with E-state index < -0.39 is 10.0 Å². The molecular weight excluding hydrogens is 116 g/mol. The Morgan fingerprint density at radius 3 is 1.75 bits per heavy atom. The summed E-state index contributed by atoms with van der Waals surface area (Å²) in [4.78, 5) is 0. The second kappa shape index (κ2) is 2.58. The Kier molecular flexibility index (Phi) is 2.61. The van der Waals surface area contributed by atoms with Gasteiger partial charge in [-0.1, -0.05) is 25.8 Å². The highest BCUT2D eigenvalue weighted by atomic mass is 32.3. The largest absolute Gasteiger partial charge is 0.225 e. The molecule has 0 unspecified atom stereocenters. The van der Waals surface area contributed by atoms with Crippen LogP contribution in [0.4, 0.5) is 0 Å². The summed E-state index contributed by atoms with van der Waals surface area (Å²) in [5, 5.41) is 2.87. The van der Waals surface area contributed by atoms with Crippen molar-refractivity contribution in [3.8, 4) is 0 Å². The summed E-state index contributed by atoms with van der Waals surface area (Å²) in [6, 6.07) is 0. The summed E-state index contributed by atoms with van der Waals surface area (Å²) in [5.74, 6) is 0. The van der Waals surface area contributed by atoms with Crippen molar-refractivity contribution in [1.29, 1.82) is 0 Å². The van der Waals surface area contributed by atoms with E-state index in [0.29, 0.717) is 0 Å². The van der Waals surface area contributed by atoms with E-state index in [-0.39, 0.29) is 0 Å². The third-order valence-electron chi connectivity index (χ3n) is 1.64. The van der Waals surface area contributed by atoms with Crippen LogP contribution in [0.1, 0.15) is 13.8 Å². The molecule has 0 rings (SSSR count). The molecule has 0 heterocycles. The minimum absolute atomic E-state index is 0.472. The fourth-order valence-electron chi connectivity index (χ4n) is 0.192. The molecule has 50 valence electrons. The second-order valence-corrected chi connectivity index (χ2v) is 6.95. The zero-order valence-electron chi connectivity index (χ0n) is 6.27. The molecule has 0 aliphatic carbocycles. The first-order valence-electron chi connectivity index (χ1n) is 2.85. The smallest absolute Gasteiger partial charge is 0.0141 e. The molecule has 0 aromatic heterocycles. The van der Waals surface area contributed by atoms with Gasteiger partial charge in [-0.3, -0.25) is 0 Å². The van der Waals surface area contributed by atoms with Crippen LogP contribution in [0.3, 0.4) is 0 Å². The molecule has 0 N–H and O–H groups in total. The van der Waals surface area contributed by atoms with E-state index in [1.807, 2.05) is 0 Å². The van der Waals surface area contributed by atoms with Gasteiger partial charge in [0, 0.05) is 0 Å². The molecule has 0 amide bonds. The van der Waals surface area contributed by atoms with Gasteiger partial charge >= 0.3 is 0 Å². The van der Waals surface area contributed by atoms with Gasteiger partial charge in [0.2, 0.25) is 0 Å². The van der Waals surface area contributed by atoms with Gasteiger partial charge < -0.3 is 0 Å². The molecule has 0 bridgehead atoms. The van der Waals surface area contributed by atoms with Crippen molar-refractivity contribution in [3.05, 3.63) is 12.0 Å². The molecule has 0 aliphatic rings. The van der Waals surface area contributed by atoms with Gasteiger partial charge in [0.05, 0.1) is 0 Å². The summed E-state index contributed by atoms with van der Waals surface area (Å²) in [6.45, 7) is 8.28. The van der Waals surface area contributed by atoms with Gasteiger partial charge in [0.15, 0.2) is 0 Å². The maximum atomic E-state index is 3.79. The molecule has 0 aromatic carbocycles. The van der Waals surface area contributed by atoms with Crippen molar-refractivity contribution in [1.82, 2.24) is 0 Å². The third-order valence-corrected chi connectivity index (χ3v) is 4.93. The molecule has 0 atom stereocenters. The molecule has 0 aromatic rings. The Labute approximate surface area is 54.3 Å². The summed E-state index contributed by atoms with van der Waals surface area (Å²) in [6.07, 6.45) is 4.56. The first kappa shape index (κ1) is 8.09. The van der Waals surface area contributed by atoms with Crippen LogP contribution in [0.25, 0.3) is 0 Å². The number of hydrogen-bond donors (Lipinski definition) is 0. The van der Waals surface area contributed by atoms with Gasteiger partial charge in [-0.05, 0) is 17.8 Å². The Morgan fingerprint density at radius 1 is 1.38 bits per heavy atom. The van der Waals surface area contributed by atoms with Gasteiger partial charge in [-0.25, -0.2) is 10.0 Å². The molecule has 0 aliphatic heterocycles. The highest BCUT2D eigenvalue weighted by Gasteiger charge is 2.09. The van der Waals surface area contributed by atoms with E-state index in [0.717, 1.165) is 5.25 Å². The topological polar surface area (TPSA) is 0 Å². The first-order chi connectivity index (χ1) is 3.50. The first-order valence-corrected chi connectivity index (χ1v) is 5.43. The number of rotatable bonds is 2. The SMILES string of the molecule is C=CS(C)(C)C(C)C. The van der Waals surface area contributed by atoms with Crippen LogP contribution in [-0.4, -0.2) is 17.8 Å². The summed E-state index contributed by atoms with van der Waals surface area (Å²) < 4.78 is 0. The third kappa shape index (κ3) is 1.91. The van der Waals surface area contributed by atoms with Crippen molar-refractivity contribution >= 4 is 10.0 Å². The predicted molar refractivity (Wildman–Crippen MR) is 44.8 cm³/mol. The normalized spacial score (nSPS) is 14.1. The zero-order chi connectivity index (χ0) is 6.78. The Balaban J connectivity index is 3.90. The van der Waals surface area contributed by atoms with Crippen molar-refractivity contribution in [3.63, 3.8) is 0 Å². The van der Waals surface area contributed by atoms with E-state index in [4.69, 9.17) is 0 Å². The maximum absolute atomic E-state index is 3.79. The Hall–Kier alpha value is 0.0900. The molecule has 0 spiro atoms. The van der Waals surface area contributed by atoms with Crippen LogP contribution in [0.2, 0.25) is 0 Å². The van der Waals surface area contributed by atoms with Crippen LogP contribution in [-0.2, 0) is 0 Å². The van der Waals surface area contributed by atoms with Crippen LogP contribution < -0.4 is 0 Å². The van der Waals surface area contributed by atoms with Gasteiger partial charge in [0.1, 0.15) is 0 Å². The summed E-state index contributed by atoms with van der Waals surface area (Å²) in [5.41, 5.74) is 0. The lowest BCUT2D eigenvalue weighted by atomic mass is 10.6. The lowest BCUT2D eigenvalue weighted by molar-refractivity contribution is 1.10. The molecule has 0 nitrogen and oxygen atoms in total. The lowest BCUT2D eigenvalue weighted by Crippen LogP contribution is -2.04. The van der Waals surface area contributed by atoms with Gasteiger partial charge in [-0.15, -0.1) is 0 Å². The predicted octanol–water partition coefficient (Wildman–Crippen LogP) is 2.60. The quantitative estimate of drug-likeness (QED) is 0.542. The van der Waals surface area contributed by atoms with Crippen LogP contribution in [0.15, 0.2) is 12.0 Å². The highest BCUT2D eigenvalue weighted by Crippen LogP contribution is 2.45. The Morgan fingerprint density at radius 2 is 1.75 bits per heavy atom. The average Bonchev–Trinajstić information content (AvgIpc) is 1.67. The minimum Gasteiger partial charge on any atom is -0.225 e. The van der Waals surface area contributed by atoms with Crippen LogP contribution in [0, 0.1) is 0 Å². The lowest BCUT2D eigenvalue weighted by Gasteiger charge is -2.31. The maximum Gasteiger partial charge on any atom is -0.0141 e. The molecule has 0 saturated heterocycles. The van der Waals surface area contributed by atoms with Crippen LogP contribution in [0.5, 0.6) is 0 Å². The van der Waals surface area contributed by atoms with E-state index in [1.54, 1.807) is 0 Å². The zero-order valence-corrected chi connectivity index (χ0v) is 7.09. The van der Waals surface area contributed by atoms with Crippen molar-refractivity contribution in [2.75, 3.05) is 12.5 Å². The monoisotopic (exact) mass is 132 g/mol. The molecule has 0 fully saturated rings. The van der Waals surface area contributed by atoms with Crippen molar-refractivity contribution in [2.24, 2.45) is 0 Å². The van der Waals surface area contributed by atoms with Gasteiger partial charge in [0.25, 0.3) is 0 Å². The number of hydrogen-bond acceptors (Lipinski definition) is 0.